The summed E-state index contributed by atoms with van der Waals surface area (Å²) in [7, 11) is 0. The van der Waals surface area contributed by atoms with Gasteiger partial charge in [0.2, 0.25) is 0 Å². The number of fused-ring (bicyclic) bond motifs is 1. The Morgan fingerprint density at radius 3 is 2.67 bits per heavy atom. The minimum absolute atomic E-state index is 0.787. The number of pyridine rings is 1. The summed E-state index contributed by atoms with van der Waals surface area (Å²) in [5.74, 6) is 0. The second-order valence-corrected chi connectivity index (χ2v) is 4.77. The van der Waals surface area contributed by atoms with Crippen molar-refractivity contribution >= 4 is 22.5 Å². The van der Waals surface area contributed by atoms with Gasteiger partial charge in [-0.1, -0.05) is 35.9 Å². The number of rotatable bonds is 2. The topological polar surface area (TPSA) is 12.9 Å². The van der Waals surface area contributed by atoms with Gasteiger partial charge in [0, 0.05) is 16.6 Å². The first-order valence-corrected chi connectivity index (χ1v) is 6.27. The zero-order valence-corrected chi connectivity index (χ0v) is 10.6. The van der Waals surface area contributed by atoms with Gasteiger partial charge in [0.1, 0.15) is 0 Å². The maximum atomic E-state index is 6.00. The predicted molar refractivity (Wildman–Crippen MR) is 76.0 cm³/mol. The average Bonchev–Trinajstić information content (AvgIpc) is 2.39. The summed E-state index contributed by atoms with van der Waals surface area (Å²) in [5, 5.41) is 1.96. The fourth-order valence-corrected chi connectivity index (χ4v) is 2.33. The molecule has 1 heterocycles. The normalized spacial score (nSPS) is 10.7. The third kappa shape index (κ3) is 2.36. The first-order valence-electron chi connectivity index (χ1n) is 5.89. The SMILES string of the molecule is Clc1cccc(Cc2ccc3ncccc3c2)c1. The van der Waals surface area contributed by atoms with Crippen LogP contribution in [0.2, 0.25) is 5.02 Å². The predicted octanol–water partition coefficient (Wildman–Crippen LogP) is 4.48. The van der Waals surface area contributed by atoms with E-state index < -0.39 is 0 Å². The van der Waals surface area contributed by atoms with Crippen molar-refractivity contribution in [2.75, 3.05) is 0 Å². The van der Waals surface area contributed by atoms with E-state index in [-0.39, 0.29) is 0 Å². The van der Waals surface area contributed by atoms with Gasteiger partial charge in [-0.15, -0.1) is 0 Å². The fraction of sp³-hybridized carbons (Fsp3) is 0.0625. The van der Waals surface area contributed by atoms with Gasteiger partial charge in [-0.25, -0.2) is 0 Å². The molecular weight excluding hydrogens is 242 g/mol. The highest BCUT2D eigenvalue weighted by molar-refractivity contribution is 6.30. The molecule has 1 nitrogen and oxygen atoms in total. The van der Waals surface area contributed by atoms with Crippen LogP contribution in [0.3, 0.4) is 0 Å². The molecule has 0 atom stereocenters. The maximum Gasteiger partial charge on any atom is 0.0702 e. The average molecular weight is 254 g/mol. The molecule has 0 saturated heterocycles. The van der Waals surface area contributed by atoms with Gasteiger partial charge in [-0.3, -0.25) is 4.98 Å². The summed E-state index contributed by atoms with van der Waals surface area (Å²) in [6.45, 7) is 0. The lowest BCUT2D eigenvalue weighted by Gasteiger charge is -2.04. The van der Waals surface area contributed by atoms with Crippen molar-refractivity contribution in [2.24, 2.45) is 0 Å². The highest BCUT2D eigenvalue weighted by Gasteiger charge is 1.99. The van der Waals surface area contributed by atoms with Crippen molar-refractivity contribution in [1.82, 2.24) is 4.98 Å². The van der Waals surface area contributed by atoms with E-state index >= 15 is 0 Å². The van der Waals surface area contributed by atoms with Crippen LogP contribution >= 0.6 is 11.6 Å². The van der Waals surface area contributed by atoms with Crippen LogP contribution in [-0.2, 0) is 6.42 Å². The molecule has 0 spiro atoms. The second-order valence-electron chi connectivity index (χ2n) is 4.34. The van der Waals surface area contributed by atoms with Crippen LogP contribution in [0.1, 0.15) is 11.1 Å². The summed E-state index contributed by atoms with van der Waals surface area (Å²) < 4.78 is 0. The number of aromatic nitrogens is 1. The molecule has 0 fully saturated rings. The molecule has 0 aliphatic rings. The molecule has 0 amide bonds. The second kappa shape index (κ2) is 4.79. The summed E-state index contributed by atoms with van der Waals surface area (Å²) in [4.78, 5) is 4.32. The van der Waals surface area contributed by atoms with Gasteiger partial charge in [-0.05, 0) is 47.9 Å². The first kappa shape index (κ1) is 11.2. The Bertz CT molecular complexity index is 691. The zero-order chi connectivity index (χ0) is 12.4. The van der Waals surface area contributed by atoms with E-state index in [9.17, 15) is 0 Å². The Morgan fingerprint density at radius 2 is 1.78 bits per heavy atom. The van der Waals surface area contributed by atoms with E-state index in [2.05, 4.69) is 35.3 Å². The van der Waals surface area contributed by atoms with Gasteiger partial charge in [-0.2, -0.15) is 0 Å². The number of nitrogens with zero attached hydrogens (tertiary/aromatic N) is 1. The third-order valence-electron chi connectivity index (χ3n) is 2.96. The highest BCUT2D eigenvalue weighted by atomic mass is 35.5. The minimum Gasteiger partial charge on any atom is -0.256 e. The molecule has 0 radical (unpaired) electrons. The third-order valence-corrected chi connectivity index (χ3v) is 3.20. The van der Waals surface area contributed by atoms with Crippen molar-refractivity contribution < 1.29 is 0 Å². The molecule has 0 aliphatic carbocycles. The van der Waals surface area contributed by atoms with E-state index in [1.807, 2.05) is 30.5 Å². The van der Waals surface area contributed by atoms with Gasteiger partial charge in [0.05, 0.1) is 5.52 Å². The standard InChI is InChI=1S/C16H12ClN/c17-15-5-1-3-12(11-15)9-13-6-7-16-14(10-13)4-2-8-18-16/h1-8,10-11H,9H2. The monoisotopic (exact) mass is 253 g/mol. The highest BCUT2D eigenvalue weighted by Crippen LogP contribution is 2.18. The molecule has 2 heteroatoms. The number of hydrogen-bond donors (Lipinski definition) is 0. The number of benzene rings is 2. The molecule has 3 aromatic rings. The molecule has 0 aliphatic heterocycles. The Hall–Kier alpha value is -1.86. The molecule has 3 rings (SSSR count). The summed E-state index contributed by atoms with van der Waals surface area (Å²) in [5.41, 5.74) is 3.54. The van der Waals surface area contributed by atoms with Crippen LogP contribution in [0.25, 0.3) is 10.9 Å². The van der Waals surface area contributed by atoms with Crippen LogP contribution in [0.15, 0.2) is 60.8 Å². The Labute approximate surface area is 111 Å². The number of halogens is 1. The van der Waals surface area contributed by atoms with Gasteiger partial charge in [0.15, 0.2) is 0 Å². The van der Waals surface area contributed by atoms with Crippen molar-refractivity contribution in [3.8, 4) is 0 Å². The molecule has 2 aromatic carbocycles. The summed E-state index contributed by atoms with van der Waals surface area (Å²) >= 11 is 6.00. The molecule has 0 N–H and O–H groups in total. The van der Waals surface area contributed by atoms with Crippen molar-refractivity contribution in [2.45, 2.75) is 6.42 Å². The Balaban J connectivity index is 1.95. The van der Waals surface area contributed by atoms with E-state index in [1.165, 1.54) is 16.5 Å². The first-order chi connectivity index (χ1) is 8.81. The lowest BCUT2D eigenvalue weighted by atomic mass is 10.0. The van der Waals surface area contributed by atoms with Crippen LogP contribution in [0.4, 0.5) is 0 Å². The van der Waals surface area contributed by atoms with E-state index in [0.717, 1.165) is 17.0 Å². The van der Waals surface area contributed by atoms with Gasteiger partial charge in [0.25, 0.3) is 0 Å². The lowest BCUT2D eigenvalue weighted by molar-refractivity contribution is 1.20. The Kier molecular flexibility index (Phi) is 2.99. The molecule has 0 saturated carbocycles. The van der Waals surface area contributed by atoms with Crippen molar-refractivity contribution in [3.63, 3.8) is 0 Å². The van der Waals surface area contributed by atoms with Crippen LogP contribution in [-0.4, -0.2) is 4.98 Å². The molecule has 18 heavy (non-hydrogen) atoms. The maximum absolute atomic E-state index is 6.00. The van der Waals surface area contributed by atoms with E-state index in [4.69, 9.17) is 11.6 Å². The summed E-state index contributed by atoms with van der Waals surface area (Å²) in [6.07, 6.45) is 2.71. The van der Waals surface area contributed by atoms with Crippen molar-refractivity contribution in [1.29, 1.82) is 0 Å². The molecular formula is C16H12ClN. The zero-order valence-electron chi connectivity index (χ0n) is 9.81. The van der Waals surface area contributed by atoms with Crippen LogP contribution in [0, 0.1) is 0 Å². The molecule has 0 unspecified atom stereocenters. The fourth-order valence-electron chi connectivity index (χ4n) is 2.12. The minimum atomic E-state index is 0.787. The Morgan fingerprint density at radius 1 is 0.889 bits per heavy atom. The quantitative estimate of drug-likeness (QED) is 0.656. The number of hydrogen-bond acceptors (Lipinski definition) is 1. The van der Waals surface area contributed by atoms with Crippen molar-refractivity contribution in [3.05, 3.63) is 76.9 Å². The van der Waals surface area contributed by atoms with E-state index in [1.54, 1.807) is 0 Å². The molecule has 0 bridgehead atoms. The lowest BCUT2D eigenvalue weighted by Crippen LogP contribution is -1.88. The van der Waals surface area contributed by atoms with Gasteiger partial charge < -0.3 is 0 Å². The van der Waals surface area contributed by atoms with Crippen LogP contribution < -0.4 is 0 Å². The van der Waals surface area contributed by atoms with E-state index in [0.29, 0.717) is 0 Å². The molecule has 88 valence electrons. The van der Waals surface area contributed by atoms with Crippen LogP contribution in [0.5, 0.6) is 0 Å². The van der Waals surface area contributed by atoms with Gasteiger partial charge >= 0.3 is 0 Å². The summed E-state index contributed by atoms with van der Waals surface area (Å²) in [6, 6.07) is 18.4. The largest absolute Gasteiger partial charge is 0.256 e. The molecule has 1 aromatic heterocycles. The smallest absolute Gasteiger partial charge is 0.0702 e.